The molecule has 0 aromatic heterocycles. The zero-order valence-corrected chi connectivity index (χ0v) is 15.0. The highest BCUT2D eigenvalue weighted by molar-refractivity contribution is 5.75. The Hall–Kier alpha value is -1.75. The minimum absolute atomic E-state index is 0.0635. The Bertz CT molecular complexity index is 577. The number of benzene rings is 1. The van der Waals surface area contributed by atoms with Gasteiger partial charge in [0.15, 0.2) is 0 Å². The van der Waals surface area contributed by atoms with Crippen LogP contribution in [0.5, 0.6) is 5.75 Å². The number of amides is 2. The Morgan fingerprint density at radius 3 is 3.04 bits per heavy atom. The van der Waals surface area contributed by atoms with Crippen molar-refractivity contribution in [2.45, 2.75) is 32.2 Å². The second kappa shape index (κ2) is 7.43. The van der Waals surface area contributed by atoms with Crippen LogP contribution < -0.4 is 10.1 Å². The van der Waals surface area contributed by atoms with Gasteiger partial charge in [-0.1, -0.05) is 25.1 Å². The summed E-state index contributed by atoms with van der Waals surface area (Å²) in [6.45, 7) is 8.74. The summed E-state index contributed by atoms with van der Waals surface area (Å²) in [6, 6.07) is 8.25. The molecule has 132 valence electrons. The average molecular weight is 331 g/mol. The molecular weight excluding hydrogens is 302 g/mol. The predicted molar refractivity (Wildman–Crippen MR) is 95.5 cm³/mol. The third-order valence-corrected chi connectivity index (χ3v) is 5.37. The smallest absolute Gasteiger partial charge is 0.317 e. The standard InChI is InChI=1S/C19H29N3O2/c1-4-21(3)11-15-9-10-22(12-15)19(23)20-14(2)17-13-24-18-8-6-5-7-16(17)18/h5-8,14-15,17H,4,9-13H2,1-3H3,(H,20,23)/t14-,15-,17+/m0/s1. The van der Waals surface area contributed by atoms with E-state index in [0.717, 1.165) is 38.3 Å². The molecule has 1 aromatic rings. The van der Waals surface area contributed by atoms with Gasteiger partial charge >= 0.3 is 6.03 Å². The maximum Gasteiger partial charge on any atom is 0.317 e. The van der Waals surface area contributed by atoms with Crippen molar-refractivity contribution in [2.75, 3.05) is 39.8 Å². The van der Waals surface area contributed by atoms with Gasteiger partial charge in [-0.3, -0.25) is 0 Å². The summed E-state index contributed by atoms with van der Waals surface area (Å²) in [5, 5.41) is 3.19. The van der Waals surface area contributed by atoms with Crippen LogP contribution in [0, 0.1) is 5.92 Å². The number of rotatable bonds is 5. The van der Waals surface area contributed by atoms with Crippen LogP contribution in [0.1, 0.15) is 31.7 Å². The molecule has 1 aromatic carbocycles. The van der Waals surface area contributed by atoms with E-state index in [1.165, 1.54) is 5.56 Å². The van der Waals surface area contributed by atoms with E-state index < -0.39 is 0 Å². The highest BCUT2D eigenvalue weighted by atomic mass is 16.5. The molecular formula is C19H29N3O2. The number of carbonyl (C=O) groups excluding carboxylic acids is 1. The zero-order chi connectivity index (χ0) is 17.1. The lowest BCUT2D eigenvalue weighted by Crippen LogP contribution is -2.45. The first-order chi connectivity index (χ1) is 11.6. The fourth-order valence-corrected chi connectivity index (χ4v) is 3.72. The first kappa shape index (κ1) is 17.1. The number of nitrogens with one attached hydrogen (secondary N) is 1. The van der Waals surface area contributed by atoms with Crippen LogP contribution >= 0.6 is 0 Å². The van der Waals surface area contributed by atoms with E-state index in [1.807, 2.05) is 23.1 Å². The highest BCUT2D eigenvalue weighted by Crippen LogP contribution is 2.35. The van der Waals surface area contributed by atoms with Gasteiger partial charge in [0.1, 0.15) is 5.75 Å². The van der Waals surface area contributed by atoms with E-state index in [-0.39, 0.29) is 18.0 Å². The number of likely N-dealkylation sites (tertiary alicyclic amines) is 1. The maximum atomic E-state index is 12.6. The third-order valence-electron chi connectivity index (χ3n) is 5.37. The van der Waals surface area contributed by atoms with Gasteiger partial charge < -0.3 is 19.9 Å². The summed E-state index contributed by atoms with van der Waals surface area (Å²) in [4.78, 5) is 16.9. The summed E-state index contributed by atoms with van der Waals surface area (Å²) in [5.41, 5.74) is 1.20. The Morgan fingerprint density at radius 1 is 1.46 bits per heavy atom. The number of hydrogen-bond acceptors (Lipinski definition) is 3. The summed E-state index contributed by atoms with van der Waals surface area (Å²) >= 11 is 0. The van der Waals surface area contributed by atoms with Gasteiger partial charge in [-0.15, -0.1) is 0 Å². The first-order valence-corrected chi connectivity index (χ1v) is 9.04. The van der Waals surface area contributed by atoms with Gasteiger partial charge in [0.25, 0.3) is 0 Å². The Balaban J connectivity index is 1.52. The van der Waals surface area contributed by atoms with Crippen LogP contribution in [-0.4, -0.2) is 61.7 Å². The van der Waals surface area contributed by atoms with Crippen molar-refractivity contribution >= 4 is 6.03 Å². The molecule has 24 heavy (non-hydrogen) atoms. The second-order valence-corrected chi connectivity index (χ2v) is 7.15. The minimum Gasteiger partial charge on any atom is -0.493 e. The van der Waals surface area contributed by atoms with Crippen molar-refractivity contribution in [1.29, 1.82) is 0 Å². The zero-order valence-electron chi connectivity index (χ0n) is 15.0. The average Bonchev–Trinajstić information content (AvgIpc) is 3.21. The molecule has 0 bridgehead atoms. The molecule has 2 amide bonds. The lowest BCUT2D eigenvalue weighted by Gasteiger charge is -2.25. The maximum absolute atomic E-state index is 12.6. The summed E-state index contributed by atoms with van der Waals surface area (Å²) in [6.07, 6.45) is 1.10. The molecule has 1 saturated heterocycles. The largest absolute Gasteiger partial charge is 0.493 e. The monoisotopic (exact) mass is 331 g/mol. The molecule has 0 unspecified atom stereocenters. The fourth-order valence-electron chi connectivity index (χ4n) is 3.72. The Kier molecular flexibility index (Phi) is 5.29. The topological polar surface area (TPSA) is 44.8 Å². The molecule has 0 spiro atoms. The van der Waals surface area contributed by atoms with Crippen LogP contribution in [-0.2, 0) is 0 Å². The van der Waals surface area contributed by atoms with E-state index in [1.54, 1.807) is 0 Å². The van der Waals surface area contributed by atoms with Crippen LogP contribution in [0.4, 0.5) is 4.79 Å². The number of para-hydroxylation sites is 1. The van der Waals surface area contributed by atoms with Crippen molar-refractivity contribution in [2.24, 2.45) is 5.92 Å². The summed E-state index contributed by atoms with van der Waals surface area (Å²) < 4.78 is 5.74. The normalized spacial score (nSPS) is 23.9. The van der Waals surface area contributed by atoms with Gasteiger partial charge in [0.05, 0.1) is 6.61 Å². The van der Waals surface area contributed by atoms with Gasteiger partial charge in [-0.05, 0) is 38.9 Å². The van der Waals surface area contributed by atoms with Gasteiger partial charge in [0.2, 0.25) is 0 Å². The first-order valence-electron chi connectivity index (χ1n) is 9.04. The van der Waals surface area contributed by atoms with Crippen molar-refractivity contribution in [3.05, 3.63) is 29.8 Å². The number of hydrogen-bond donors (Lipinski definition) is 1. The van der Waals surface area contributed by atoms with Crippen LogP contribution in [0.15, 0.2) is 24.3 Å². The number of fused-ring (bicyclic) bond motifs is 1. The molecule has 5 nitrogen and oxygen atoms in total. The number of nitrogens with zero attached hydrogens (tertiary/aromatic N) is 2. The SMILES string of the molecule is CCN(C)C[C@@H]1CCN(C(=O)N[C@@H](C)[C@H]2COc3ccccc32)C1. The molecule has 1 fully saturated rings. The van der Waals surface area contributed by atoms with Crippen LogP contribution in [0.2, 0.25) is 0 Å². The molecule has 5 heteroatoms. The lowest BCUT2D eigenvalue weighted by molar-refractivity contribution is 0.197. The summed E-state index contributed by atoms with van der Waals surface area (Å²) in [5.74, 6) is 1.77. The van der Waals surface area contributed by atoms with E-state index in [9.17, 15) is 4.79 Å². The van der Waals surface area contributed by atoms with Crippen LogP contribution in [0.25, 0.3) is 0 Å². The van der Waals surface area contributed by atoms with Crippen molar-refractivity contribution in [1.82, 2.24) is 15.1 Å². The Labute approximate surface area is 145 Å². The lowest BCUT2D eigenvalue weighted by atomic mass is 9.94. The molecule has 2 aliphatic rings. The van der Waals surface area contributed by atoms with Crippen LogP contribution in [0.3, 0.4) is 0 Å². The second-order valence-electron chi connectivity index (χ2n) is 7.15. The van der Waals surface area contributed by atoms with E-state index >= 15 is 0 Å². The highest BCUT2D eigenvalue weighted by Gasteiger charge is 2.32. The van der Waals surface area contributed by atoms with Gasteiger partial charge in [-0.25, -0.2) is 4.79 Å². The fraction of sp³-hybridized carbons (Fsp3) is 0.632. The van der Waals surface area contributed by atoms with Crippen molar-refractivity contribution < 1.29 is 9.53 Å². The Morgan fingerprint density at radius 2 is 2.25 bits per heavy atom. The molecule has 0 radical (unpaired) electrons. The predicted octanol–water partition coefficient (Wildman–Crippen LogP) is 2.53. The molecule has 0 aliphatic carbocycles. The number of carbonyl (C=O) groups is 1. The molecule has 3 atom stereocenters. The molecule has 2 heterocycles. The van der Waals surface area contributed by atoms with Crippen molar-refractivity contribution in [3.8, 4) is 5.75 Å². The third kappa shape index (κ3) is 3.66. The van der Waals surface area contributed by atoms with Crippen molar-refractivity contribution in [3.63, 3.8) is 0 Å². The number of ether oxygens (including phenoxy) is 1. The molecule has 1 N–H and O–H groups in total. The molecule has 0 saturated carbocycles. The summed E-state index contributed by atoms with van der Waals surface area (Å²) in [7, 11) is 2.14. The van der Waals surface area contributed by atoms with Gasteiger partial charge in [0, 0.05) is 37.2 Å². The van der Waals surface area contributed by atoms with Gasteiger partial charge in [-0.2, -0.15) is 0 Å². The van der Waals surface area contributed by atoms with E-state index in [0.29, 0.717) is 12.5 Å². The minimum atomic E-state index is 0.0635. The van der Waals surface area contributed by atoms with E-state index in [4.69, 9.17) is 4.74 Å². The quantitative estimate of drug-likeness (QED) is 0.902. The molecule has 2 aliphatic heterocycles. The molecule has 3 rings (SSSR count). The number of urea groups is 1. The van der Waals surface area contributed by atoms with E-state index in [2.05, 4.69) is 37.2 Å².